The van der Waals surface area contributed by atoms with Crippen molar-refractivity contribution in [2.24, 2.45) is 17.6 Å². The third-order valence-corrected chi connectivity index (χ3v) is 5.90. The van der Waals surface area contributed by atoms with Crippen molar-refractivity contribution in [1.29, 1.82) is 0 Å². The van der Waals surface area contributed by atoms with Gasteiger partial charge in [0, 0.05) is 47.8 Å². The summed E-state index contributed by atoms with van der Waals surface area (Å²) in [6, 6.07) is 7.68. The summed E-state index contributed by atoms with van der Waals surface area (Å²) in [6.07, 6.45) is 3.13. The molecular formula is C24H35N3O3. The Morgan fingerprint density at radius 3 is 2.37 bits per heavy atom. The number of rotatable bonds is 12. The van der Waals surface area contributed by atoms with Gasteiger partial charge in [-0.3, -0.25) is 19.3 Å². The Balaban J connectivity index is 2.26. The maximum absolute atomic E-state index is 13.3. The van der Waals surface area contributed by atoms with Crippen LogP contribution in [0, 0.1) is 11.8 Å². The molecule has 2 atom stereocenters. The molecule has 1 aromatic heterocycles. The number of benzene rings is 1. The van der Waals surface area contributed by atoms with Crippen molar-refractivity contribution in [3.63, 3.8) is 0 Å². The van der Waals surface area contributed by atoms with Gasteiger partial charge >= 0.3 is 0 Å². The molecule has 1 aromatic carbocycles. The van der Waals surface area contributed by atoms with E-state index in [2.05, 4.69) is 4.98 Å². The molecule has 0 aliphatic rings. The molecule has 2 aromatic rings. The number of nitrogens with one attached hydrogen (secondary N) is 1. The fourth-order valence-corrected chi connectivity index (χ4v) is 3.92. The third-order valence-electron chi connectivity index (χ3n) is 5.90. The maximum Gasteiger partial charge on any atom is 0.217 e. The number of aromatic nitrogens is 1. The first-order valence-corrected chi connectivity index (χ1v) is 10.7. The molecule has 0 radical (unpaired) electrons. The van der Waals surface area contributed by atoms with Gasteiger partial charge in [-0.15, -0.1) is 0 Å². The van der Waals surface area contributed by atoms with Gasteiger partial charge < -0.3 is 10.7 Å². The molecule has 6 heteroatoms. The lowest BCUT2D eigenvalue weighted by Gasteiger charge is -2.31. The summed E-state index contributed by atoms with van der Waals surface area (Å²) >= 11 is 0. The molecule has 1 amide bonds. The molecule has 0 unspecified atom stereocenters. The zero-order valence-corrected chi connectivity index (χ0v) is 18.8. The van der Waals surface area contributed by atoms with Gasteiger partial charge in [-0.25, -0.2) is 0 Å². The highest BCUT2D eigenvalue weighted by Crippen LogP contribution is 2.26. The molecule has 0 saturated carbocycles. The Morgan fingerprint density at radius 2 is 1.77 bits per heavy atom. The van der Waals surface area contributed by atoms with E-state index in [0.717, 1.165) is 16.5 Å². The fraction of sp³-hybridized carbons (Fsp3) is 0.542. The van der Waals surface area contributed by atoms with E-state index in [0.29, 0.717) is 12.8 Å². The van der Waals surface area contributed by atoms with Crippen LogP contribution in [0.5, 0.6) is 0 Å². The molecule has 6 nitrogen and oxygen atoms in total. The van der Waals surface area contributed by atoms with Gasteiger partial charge in [0.15, 0.2) is 5.78 Å². The first-order valence-electron chi connectivity index (χ1n) is 10.7. The van der Waals surface area contributed by atoms with Crippen molar-refractivity contribution in [3.8, 4) is 0 Å². The highest BCUT2D eigenvalue weighted by Gasteiger charge is 2.31. The van der Waals surface area contributed by atoms with Crippen LogP contribution in [0.25, 0.3) is 10.9 Å². The number of para-hydroxylation sites is 1. The van der Waals surface area contributed by atoms with Crippen LogP contribution in [0.1, 0.15) is 52.5 Å². The Labute approximate surface area is 179 Å². The molecule has 0 fully saturated rings. The number of hydrogen-bond acceptors (Lipinski definition) is 4. The average Bonchev–Trinajstić information content (AvgIpc) is 3.09. The summed E-state index contributed by atoms with van der Waals surface area (Å²) in [5, 5.41) is 1.08. The van der Waals surface area contributed by atoms with Crippen molar-refractivity contribution < 1.29 is 14.4 Å². The zero-order valence-electron chi connectivity index (χ0n) is 18.8. The summed E-state index contributed by atoms with van der Waals surface area (Å²) in [4.78, 5) is 42.8. The monoisotopic (exact) mass is 413 g/mol. The maximum atomic E-state index is 13.3. The van der Waals surface area contributed by atoms with E-state index in [1.54, 1.807) is 0 Å². The largest absolute Gasteiger partial charge is 0.370 e. The van der Waals surface area contributed by atoms with E-state index in [1.165, 1.54) is 0 Å². The van der Waals surface area contributed by atoms with Crippen molar-refractivity contribution in [2.75, 3.05) is 7.05 Å². The van der Waals surface area contributed by atoms with E-state index in [1.807, 2.05) is 70.1 Å². The second-order valence-corrected chi connectivity index (χ2v) is 8.77. The number of nitrogens with zero attached hydrogens (tertiary/aromatic N) is 1. The molecule has 0 aliphatic heterocycles. The molecule has 0 saturated heterocycles. The first kappa shape index (κ1) is 23.8. The summed E-state index contributed by atoms with van der Waals surface area (Å²) in [7, 11) is 1.88. The Hall–Kier alpha value is -2.47. The number of hydrogen-bond donors (Lipinski definition) is 2. The normalized spacial score (nSPS) is 13.9. The molecule has 2 rings (SSSR count). The molecule has 164 valence electrons. The number of amides is 1. The molecular weight excluding hydrogens is 378 g/mol. The van der Waals surface area contributed by atoms with Gasteiger partial charge in [-0.05, 0) is 45.4 Å². The minimum Gasteiger partial charge on any atom is -0.370 e. The molecule has 0 bridgehead atoms. The molecule has 30 heavy (non-hydrogen) atoms. The van der Waals surface area contributed by atoms with Crippen LogP contribution >= 0.6 is 0 Å². The number of ketones is 2. The number of aromatic amines is 1. The second-order valence-electron chi connectivity index (χ2n) is 8.77. The quantitative estimate of drug-likeness (QED) is 0.557. The summed E-state index contributed by atoms with van der Waals surface area (Å²) in [5.41, 5.74) is 7.39. The molecule has 1 heterocycles. The minimum atomic E-state index is -0.428. The first-order chi connectivity index (χ1) is 14.1. The van der Waals surface area contributed by atoms with Gasteiger partial charge in [-0.2, -0.15) is 0 Å². The predicted octanol–water partition coefficient (Wildman–Crippen LogP) is 3.49. The van der Waals surface area contributed by atoms with Crippen LogP contribution in [0.2, 0.25) is 0 Å². The molecule has 0 aliphatic carbocycles. The minimum absolute atomic E-state index is 0.00806. The predicted molar refractivity (Wildman–Crippen MR) is 120 cm³/mol. The number of Topliss-reactive ketones (excluding diaryl/α,β-unsaturated/α-hetero) is 2. The Bertz CT molecular complexity index is 885. The molecule has 0 spiro atoms. The van der Waals surface area contributed by atoms with Gasteiger partial charge in [-0.1, -0.05) is 32.0 Å². The summed E-state index contributed by atoms with van der Waals surface area (Å²) < 4.78 is 0. The number of fused-ring (bicyclic) bond motifs is 1. The van der Waals surface area contributed by atoms with Crippen LogP contribution < -0.4 is 5.73 Å². The number of carbonyl (C=O) groups excluding carboxylic acids is 3. The van der Waals surface area contributed by atoms with Gasteiger partial charge in [0.25, 0.3) is 0 Å². The van der Waals surface area contributed by atoms with Crippen molar-refractivity contribution in [3.05, 3.63) is 36.0 Å². The SMILES string of the molecule is CC(C)C(=O)[C@@H](CC(=O)[C@H](CCC(N)=O)N(C)C(C)C)Cc1c[nH]c2ccccc12. The number of nitrogens with two attached hydrogens (primary N) is 1. The van der Waals surface area contributed by atoms with Crippen LogP contribution in [-0.2, 0) is 20.8 Å². The van der Waals surface area contributed by atoms with Crippen molar-refractivity contribution in [2.45, 2.75) is 65.5 Å². The Morgan fingerprint density at radius 1 is 1.10 bits per heavy atom. The van der Waals surface area contributed by atoms with Crippen LogP contribution in [0.15, 0.2) is 30.5 Å². The topological polar surface area (TPSA) is 96.3 Å². The van der Waals surface area contributed by atoms with E-state index in [4.69, 9.17) is 5.73 Å². The Kier molecular flexibility index (Phi) is 8.35. The van der Waals surface area contributed by atoms with Gasteiger partial charge in [0.1, 0.15) is 5.78 Å². The lowest BCUT2D eigenvalue weighted by Crippen LogP contribution is -2.44. The van der Waals surface area contributed by atoms with Crippen molar-refractivity contribution in [1.82, 2.24) is 9.88 Å². The lowest BCUT2D eigenvalue weighted by molar-refractivity contribution is -0.132. The number of H-pyrrole nitrogens is 1. The highest BCUT2D eigenvalue weighted by molar-refractivity contribution is 5.92. The van der Waals surface area contributed by atoms with E-state index < -0.39 is 17.9 Å². The van der Waals surface area contributed by atoms with Crippen LogP contribution in [-0.4, -0.2) is 46.5 Å². The smallest absolute Gasteiger partial charge is 0.217 e. The van der Waals surface area contributed by atoms with E-state index >= 15 is 0 Å². The van der Waals surface area contributed by atoms with Crippen LogP contribution in [0.4, 0.5) is 0 Å². The lowest BCUT2D eigenvalue weighted by atomic mass is 9.84. The number of primary amides is 1. The summed E-state index contributed by atoms with van der Waals surface area (Å²) in [6.45, 7) is 7.76. The van der Waals surface area contributed by atoms with Crippen LogP contribution in [0.3, 0.4) is 0 Å². The van der Waals surface area contributed by atoms with E-state index in [-0.39, 0.29) is 36.4 Å². The van der Waals surface area contributed by atoms with Gasteiger partial charge in [0.2, 0.25) is 5.91 Å². The number of likely N-dealkylation sites (N-methyl/N-ethyl adjacent to an activating group) is 1. The number of carbonyl (C=O) groups is 3. The standard InChI is InChI=1S/C24H35N3O3/c1-15(2)24(30)17(12-18-14-26-20-9-7-6-8-19(18)20)13-22(28)21(10-11-23(25)29)27(5)16(3)4/h6-9,14-17,21,26H,10-13H2,1-5H3,(H2,25,29)/t17-,21+/m1/s1. The highest BCUT2D eigenvalue weighted by atomic mass is 16.1. The third kappa shape index (κ3) is 6.02. The fourth-order valence-electron chi connectivity index (χ4n) is 3.92. The zero-order chi connectivity index (χ0) is 22.4. The second kappa shape index (κ2) is 10.5. The van der Waals surface area contributed by atoms with Gasteiger partial charge in [0.05, 0.1) is 6.04 Å². The molecule has 3 N–H and O–H groups in total. The average molecular weight is 414 g/mol. The van der Waals surface area contributed by atoms with Crippen molar-refractivity contribution >= 4 is 28.4 Å². The summed E-state index contributed by atoms with van der Waals surface area (Å²) in [5.74, 6) is -0.882. The van der Waals surface area contributed by atoms with E-state index in [9.17, 15) is 14.4 Å².